The number of hydrogen-bond donors (Lipinski definition) is 2. The van der Waals surface area contributed by atoms with Gasteiger partial charge in [0.1, 0.15) is 5.75 Å². The average molecular weight is 511 g/mol. The maximum atomic E-state index is 12.6. The third-order valence-electron chi connectivity index (χ3n) is 4.29. The second-order valence-electron chi connectivity index (χ2n) is 6.71. The molecule has 0 saturated carbocycles. The lowest BCUT2D eigenvalue weighted by molar-refractivity contribution is -0.115. The maximum absolute atomic E-state index is 12.6. The molecule has 0 unspecified atom stereocenters. The molecule has 0 aromatic heterocycles. The van der Waals surface area contributed by atoms with E-state index in [1.807, 2.05) is 24.3 Å². The molecular weight excluding hydrogens is 491 g/mol. The molecule has 0 spiro atoms. The molecule has 1 amide bonds. The largest absolute Gasteiger partial charge is 0.497 e. The second kappa shape index (κ2) is 10.5. The number of hydrogen-bond acceptors (Lipinski definition) is 5. The number of carbonyl (C=O) groups excluding carboxylic acids is 1. The highest BCUT2D eigenvalue weighted by molar-refractivity contribution is 8.00. The van der Waals surface area contributed by atoms with Gasteiger partial charge in [-0.15, -0.1) is 11.8 Å². The van der Waals surface area contributed by atoms with Crippen LogP contribution in [-0.4, -0.2) is 26.7 Å². The van der Waals surface area contributed by atoms with Crippen LogP contribution in [0.5, 0.6) is 5.75 Å². The van der Waals surface area contributed by atoms with Crippen LogP contribution in [0.2, 0.25) is 10.0 Å². The van der Waals surface area contributed by atoms with E-state index in [0.717, 1.165) is 10.6 Å². The third-order valence-corrected chi connectivity index (χ3v) is 7.23. The number of carbonyl (C=O) groups is 1. The van der Waals surface area contributed by atoms with Gasteiger partial charge in [0.15, 0.2) is 0 Å². The van der Waals surface area contributed by atoms with Gasteiger partial charge in [-0.25, -0.2) is 8.42 Å². The van der Waals surface area contributed by atoms with Gasteiger partial charge in [0, 0.05) is 20.6 Å². The number of rotatable bonds is 8. The second-order valence-corrected chi connectivity index (χ2v) is 10.7. The molecule has 32 heavy (non-hydrogen) atoms. The van der Waals surface area contributed by atoms with Gasteiger partial charge < -0.3 is 10.1 Å². The fourth-order valence-electron chi connectivity index (χ4n) is 2.70. The van der Waals surface area contributed by atoms with Crippen LogP contribution in [0, 0.1) is 0 Å². The Morgan fingerprint density at radius 2 is 1.53 bits per heavy atom. The predicted molar refractivity (Wildman–Crippen MR) is 131 cm³/mol. The minimum atomic E-state index is -3.85. The molecule has 3 aromatic carbocycles. The van der Waals surface area contributed by atoms with Gasteiger partial charge in [0.25, 0.3) is 10.0 Å². The molecule has 0 radical (unpaired) electrons. The Bertz CT molecular complexity index is 1180. The fourth-order valence-corrected chi connectivity index (χ4v) is 5.13. The minimum Gasteiger partial charge on any atom is -0.497 e. The summed E-state index contributed by atoms with van der Waals surface area (Å²) < 4.78 is 32.8. The molecular formula is C22H20Cl2N2O4S2. The summed E-state index contributed by atoms with van der Waals surface area (Å²) in [6.07, 6.45) is 0. The van der Waals surface area contributed by atoms with Crippen molar-refractivity contribution in [2.24, 2.45) is 0 Å². The SMILES string of the molecule is COc1ccc(S[C@H](C)C(=O)Nc2ccc(S(=O)(=O)Nc3cc(Cl)cc(Cl)c3)cc2)cc1. The normalized spacial score (nSPS) is 12.1. The Labute approximate surface area is 201 Å². The van der Waals surface area contributed by atoms with Gasteiger partial charge in [0.2, 0.25) is 5.91 Å². The molecule has 168 valence electrons. The summed E-state index contributed by atoms with van der Waals surface area (Å²) in [5, 5.41) is 3.06. The lowest BCUT2D eigenvalue weighted by atomic mass is 10.3. The van der Waals surface area contributed by atoms with Gasteiger partial charge in [-0.1, -0.05) is 23.2 Å². The van der Waals surface area contributed by atoms with Crippen molar-refractivity contribution in [1.29, 1.82) is 0 Å². The molecule has 0 saturated heterocycles. The molecule has 0 heterocycles. The van der Waals surface area contributed by atoms with Crippen molar-refractivity contribution >= 4 is 62.3 Å². The number of halogens is 2. The molecule has 0 bridgehead atoms. The first-order valence-electron chi connectivity index (χ1n) is 9.37. The van der Waals surface area contributed by atoms with Crippen LogP contribution in [0.3, 0.4) is 0 Å². The van der Waals surface area contributed by atoms with Crippen molar-refractivity contribution in [2.45, 2.75) is 22.0 Å². The number of methoxy groups -OCH3 is 1. The van der Waals surface area contributed by atoms with E-state index in [4.69, 9.17) is 27.9 Å². The van der Waals surface area contributed by atoms with Crippen molar-refractivity contribution in [3.8, 4) is 5.75 Å². The van der Waals surface area contributed by atoms with Crippen LogP contribution in [0.4, 0.5) is 11.4 Å². The number of ether oxygens (including phenoxy) is 1. The summed E-state index contributed by atoms with van der Waals surface area (Å²) in [6, 6.07) is 17.7. The number of thioether (sulfide) groups is 1. The van der Waals surface area contributed by atoms with Crippen LogP contribution in [-0.2, 0) is 14.8 Å². The van der Waals surface area contributed by atoms with E-state index in [9.17, 15) is 13.2 Å². The zero-order valence-corrected chi connectivity index (χ0v) is 20.3. The molecule has 2 N–H and O–H groups in total. The summed E-state index contributed by atoms with van der Waals surface area (Å²) in [5.41, 5.74) is 0.742. The highest BCUT2D eigenvalue weighted by Crippen LogP contribution is 2.27. The van der Waals surface area contributed by atoms with Gasteiger partial charge in [-0.05, 0) is 73.7 Å². The Morgan fingerprint density at radius 3 is 2.09 bits per heavy atom. The first-order valence-corrected chi connectivity index (χ1v) is 12.5. The van der Waals surface area contributed by atoms with E-state index in [1.54, 1.807) is 14.0 Å². The van der Waals surface area contributed by atoms with Crippen molar-refractivity contribution in [2.75, 3.05) is 17.1 Å². The zero-order chi connectivity index (χ0) is 23.3. The Morgan fingerprint density at radius 1 is 0.938 bits per heavy atom. The van der Waals surface area contributed by atoms with Crippen molar-refractivity contribution in [1.82, 2.24) is 0 Å². The molecule has 10 heteroatoms. The van der Waals surface area contributed by atoms with Gasteiger partial charge in [0.05, 0.1) is 22.9 Å². The molecule has 0 aliphatic heterocycles. The predicted octanol–water partition coefficient (Wildman–Crippen LogP) is 5.92. The lowest BCUT2D eigenvalue weighted by Crippen LogP contribution is -2.22. The Hall–Kier alpha value is -2.39. The molecule has 1 atom stereocenters. The molecule has 3 aromatic rings. The van der Waals surface area contributed by atoms with Crippen molar-refractivity contribution in [3.05, 3.63) is 76.8 Å². The number of benzene rings is 3. The number of amides is 1. The molecule has 0 aliphatic rings. The lowest BCUT2D eigenvalue weighted by Gasteiger charge is -2.13. The summed E-state index contributed by atoms with van der Waals surface area (Å²) in [5.74, 6) is 0.544. The van der Waals surface area contributed by atoms with E-state index >= 15 is 0 Å². The average Bonchev–Trinajstić information content (AvgIpc) is 2.73. The van der Waals surface area contributed by atoms with E-state index < -0.39 is 10.0 Å². The maximum Gasteiger partial charge on any atom is 0.261 e. The van der Waals surface area contributed by atoms with Crippen LogP contribution in [0.1, 0.15) is 6.92 Å². The summed E-state index contributed by atoms with van der Waals surface area (Å²) >= 11 is 13.2. The monoisotopic (exact) mass is 510 g/mol. The van der Waals surface area contributed by atoms with Crippen LogP contribution in [0.25, 0.3) is 0 Å². The Balaban J connectivity index is 1.63. The number of nitrogens with one attached hydrogen (secondary N) is 2. The first-order chi connectivity index (χ1) is 15.2. The highest BCUT2D eigenvalue weighted by Gasteiger charge is 2.17. The van der Waals surface area contributed by atoms with E-state index in [1.165, 1.54) is 54.2 Å². The molecule has 0 fully saturated rings. The van der Waals surface area contributed by atoms with E-state index in [0.29, 0.717) is 15.7 Å². The smallest absolute Gasteiger partial charge is 0.261 e. The zero-order valence-electron chi connectivity index (χ0n) is 17.1. The van der Waals surface area contributed by atoms with Crippen LogP contribution in [0.15, 0.2) is 76.5 Å². The quantitative estimate of drug-likeness (QED) is 0.367. The van der Waals surface area contributed by atoms with Crippen molar-refractivity contribution < 1.29 is 17.9 Å². The summed E-state index contributed by atoms with van der Waals surface area (Å²) in [7, 11) is -2.25. The standard InChI is InChI=1S/C22H20Cl2N2O4S2/c1-14(31-20-7-5-19(30-2)6-8-20)22(27)25-17-3-9-21(10-4-17)32(28,29)26-18-12-15(23)11-16(24)13-18/h3-14,26H,1-2H3,(H,25,27)/t14-/m1/s1. The van der Waals surface area contributed by atoms with E-state index in [-0.39, 0.29) is 21.7 Å². The van der Waals surface area contributed by atoms with Gasteiger partial charge in [-0.3, -0.25) is 9.52 Å². The highest BCUT2D eigenvalue weighted by atomic mass is 35.5. The van der Waals surface area contributed by atoms with Gasteiger partial charge in [-0.2, -0.15) is 0 Å². The molecule has 0 aliphatic carbocycles. The van der Waals surface area contributed by atoms with Crippen LogP contribution < -0.4 is 14.8 Å². The minimum absolute atomic E-state index is 0.0345. The summed E-state index contributed by atoms with van der Waals surface area (Å²) in [4.78, 5) is 13.5. The Kier molecular flexibility index (Phi) is 7.95. The fraction of sp³-hybridized carbons (Fsp3) is 0.136. The number of sulfonamides is 1. The van der Waals surface area contributed by atoms with E-state index in [2.05, 4.69) is 10.0 Å². The third kappa shape index (κ3) is 6.56. The van der Waals surface area contributed by atoms with Gasteiger partial charge >= 0.3 is 0 Å². The van der Waals surface area contributed by atoms with Crippen LogP contribution >= 0.6 is 35.0 Å². The molecule has 3 rings (SSSR count). The summed E-state index contributed by atoms with van der Waals surface area (Å²) in [6.45, 7) is 1.79. The first kappa shape index (κ1) is 24.3. The number of anilines is 2. The topological polar surface area (TPSA) is 84.5 Å². The van der Waals surface area contributed by atoms with Crippen molar-refractivity contribution in [3.63, 3.8) is 0 Å². The molecule has 6 nitrogen and oxygen atoms in total.